The van der Waals surface area contributed by atoms with Crippen LogP contribution in [0.3, 0.4) is 0 Å². The maximum absolute atomic E-state index is 13.8. The van der Waals surface area contributed by atoms with E-state index in [0.717, 1.165) is 15.8 Å². The standard InChI is InChI=1S/C24H31F3N4O/c1-15-7-5-6-8-16(15)11-22(32)30-10-9-17(14-30)18-12-21-28-19(23(2,3)4)13-20(24(25,26)27)31(21)29-18/h5-8,12,17,19-20,28H,9-11,13-14H2,1-4H3/t17-,19-,20+/m0/s1. The lowest BCUT2D eigenvalue weighted by Gasteiger charge is -2.39. The van der Waals surface area contributed by atoms with E-state index in [1.165, 1.54) is 0 Å². The van der Waals surface area contributed by atoms with E-state index < -0.39 is 12.2 Å². The van der Waals surface area contributed by atoms with Gasteiger partial charge in [0.1, 0.15) is 5.82 Å². The fourth-order valence-corrected chi connectivity index (χ4v) is 4.67. The van der Waals surface area contributed by atoms with Crippen molar-refractivity contribution < 1.29 is 18.0 Å². The van der Waals surface area contributed by atoms with Crippen molar-refractivity contribution in [3.05, 3.63) is 47.2 Å². The first-order valence-electron chi connectivity index (χ1n) is 11.2. The third-order valence-electron chi connectivity index (χ3n) is 6.82. The van der Waals surface area contributed by atoms with Gasteiger partial charge in [0, 0.05) is 31.1 Å². The predicted molar refractivity (Wildman–Crippen MR) is 118 cm³/mol. The fourth-order valence-electron chi connectivity index (χ4n) is 4.67. The van der Waals surface area contributed by atoms with Crippen LogP contribution >= 0.6 is 0 Å². The third-order valence-corrected chi connectivity index (χ3v) is 6.82. The summed E-state index contributed by atoms with van der Waals surface area (Å²) in [4.78, 5) is 14.6. The van der Waals surface area contributed by atoms with Gasteiger partial charge in [-0.1, -0.05) is 45.0 Å². The average molecular weight is 449 g/mol. The molecule has 5 nitrogen and oxygen atoms in total. The second kappa shape index (κ2) is 8.12. The number of aryl methyl sites for hydroxylation is 1. The lowest BCUT2D eigenvalue weighted by molar-refractivity contribution is -0.175. The number of amides is 1. The van der Waals surface area contributed by atoms with Crippen molar-refractivity contribution in [2.24, 2.45) is 5.41 Å². The Hall–Kier alpha value is -2.51. The minimum atomic E-state index is -4.37. The molecule has 3 heterocycles. The summed E-state index contributed by atoms with van der Waals surface area (Å²) in [6.07, 6.45) is -3.37. The Morgan fingerprint density at radius 3 is 2.59 bits per heavy atom. The van der Waals surface area contributed by atoms with Crippen LogP contribution in [0, 0.1) is 12.3 Å². The molecule has 0 saturated carbocycles. The molecule has 8 heteroatoms. The summed E-state index contributed by atoms with van der Waals surface area (Å²) in [5, 5.41) is 7.66. The highest BCUT2D eigenvalue weighted by atomic mass is 19.4. The Morgan fingerprint density at radius 1 is 1.22 bits per heavy atom. The van der Waals surface area contributed by atoms with Crippen LogP contribution < -0.4 is 5.32 Å². The van der Waals surface area contributed by atoms with Gasteiger partial charge in [0.15, 0.2) is 6.04 Å². The van der Waals surface area contributed by atoms with Crippen LogP contribution in [0.5, 0.6) is 0 Å². The Morgan fingerprint density at radius 2 is 1.94 bits per heavy atom. The fraction of sp³-hybridized carbons (Fsp3) is 0.583. The highest BCUT2D eigenvalue weighted by molar-refractivity contribution is 5.79. The van der Waals surface area contributed by atoms with Gasteiger partial charge in [-0.3, -0.25) is 4.79 Å². The van der Waals surface area contributed by atoms with E-state index in [2.05, 4.69) is 10.4 Å². The maximum Gasteiger partial charge on any atom is 0.410 e. The summed E-state index contributed by atoms with van der Waals surface area (Å²) >= 11 is 0. The molecule has 4 rings (SSSR count). The molecule has 0 bridgehead atoms. The second-order valence-corrected chi connectivity index (χ2v) is 10.2. The molecule has 32 heavy (non-hydrogen) atoms. The largest absolute Gasteiger partial charge is 0.410 e. The summed E-state index contributed by atoms with van der Waals surface area (Å²) in [6.45, 7) is 8.90. The Balaban J connectivity index is 1.51. The minimum Gasteiger partial charge on any atom is -0.367 e. The number of carbonyl (C=O) groups excluding carboxylic acids is 1. The minimum absolute atomic E-state index is 0.0462. The van der Waals surface area contributed by atoms with Crippen molar-refractivity contribution in [1.82, 2.24) is 14.7 Å². The third kappa shape index (κ3) is 4.50. The van der Waals surface area contributed by atoms with E-state index in [4.69, 9.17) is 0 Å². The molecule has 0 aliphatic carbocycles. The number of fused-ring (bicyclic) bond motifs is 1. The van der Waals surface area contributed by atoms with E-state index in [9.17, 15) is 18.0 Å². The number of benzene rings is 1. The van der Waals surface area contributed by atoms with Crippen molar-refractivity contribution in [2.75, 3.05) is 18.4 Å². The van der Waals surface area contributed by atoms with Crippen molar-refractivity contribution in [3.8, 4) is 0 Å². The van der Waals surface area contributed by atoms with Gasteiger partial charge in [-0.15, -0.1) is 0 Å². The second-order valence-electron chi connectivity index (χ2n) is 10.2. The number of halogens is 3. The van der Waals surface area contributed by atoms with Crippen LogP contribution in [-0.2, 0) is 11.2 Å². The maximum atomic E-state index is 13.8. The van der Waals surface area contributed by atoms with Gasteiger partial charge in [-0.25, -0.2) is 4.68 Å². The van der Waals surface area contributed by atoms with Gasteiger partial charge in [0.25, 0.3) is 0 Å². The summed E-state index contributed by atoms with van der Waals surface area (Å²) in [6, 6.07) is 7.61. The first kappa shape index (κ1) is 22.7. The zero-order chi connectivity index (χ0) is 23.3. The first-order valence-corrected chi connectivity index (χ1v) is 11.2. The summed E-state index contributed by atoms with van der Waals surface area (Å²) in [7, 11) is 0. The van der Waals surface area contributed by atoms with Gasteiger partial charge in [0.05, 0.1) is 12.1 Å². The molecule has 174 valence electrons. The van der Waals surface area contributed by atoms with Crippen molar-refractivity contribution in [2.45, 2.75) is 71.1 Å². The van der Waals surface area contributed by atoms with Gasteiger partial charge >= 0.3 is 6.18 Å². The SMILES string of the molecule is Cc1ccccc1CC(=O)N1CC[C@H](c2cc3n(n2)[C@@H](C(F)(F)F)C[C@@H](C(C)(C)C)N3)C1. The Labute approximate surface area is 187 Å². The van der Waals surface area contributed by atoms with E-state index in [1.807, 2.05) is 56.9 Å². The Kier molecular flexibility index (Phi) is 5.75. The lowest BCUT2D eigenvalue weighted by Crippen LogP contribution is -2.44. The van der Waals surface area contributed by atoms with Crippen LogP contribution in [0.25, 0.3) is 0 Å². The molecule has 1 aromatic heterocycles. The number of hydrogen-bond donors (Lipinski definition) is 1. The molecule has 2 aromatic rings. The van der Waals surface area contributed by atoms with E-state index in [-0.39, 0.29) is 29.7 Å². The molecule has 2 aliphatic heterocycles. The van der Waals surface area contributed by atoms with Crippen LogP contribution in [0.4, 0.5) is 19.0 Å². The number of nitrogens with one attached hydrogen (secondary N) is 1. The number of hydrogen-bond acceptors (Lipinski definition) is 3. The van der Waals surface area contributed by atoms with Gasteiger partial charge in [-0.05, 0) is 36.3 Å². The molecule has 0 spiro atoms. The highest BCUT2D eigenvalue weighted by Crippen LogP contribution is 2.44. The molecular formula is C24H31F3N4O. The highest BCUT2D eigenvalue weighted by Gasteiger charge is 2.48. The first-order chi connectivity index (χ1) is 14.9. The molecule has 1 amide bonds. The zero-order valence-corrected chi connectivity index (χ0v) is 19.0. The van der Waals surface area contributed by atoms with Gasteiger partial charge in [0.2, 0.25) is 5.91 Å². The molecule has 1 aromatic carbocycles. The number of carbonyl (C=O) groups is 1. The topological polar surface area (TPSA) is 50.2 Å². The molecule has 0 radical (unpaired) electrons. The molecule has 1 N–H and O–H groups in total. The number of anilines is 1. The molecule has 1 fully saturated rings. The summed E-state index contributed by atoms with van der Waals surface area (Å²) in [5.74, 6) is 0.403. The number of likely N-dealkylation sites (tertiary alicyclic amines) is 1. The monoisotopic (exact) mass is 448 g/mol. The number of nitrogens with zero attached hydrogens (tertiary/aromatic N) is 3. The molecule has 2 aliphatic rings. The van der Waals surface area contributed by atoms with Crippen molar-refractivity contribution in [3.63, 3.8) is 0 Å². The van der Waals surface area contributed by atoms with E-state index >= 15 is 0 Å². The average Bonchev–Trinajstić information content (AvgIpc) is 3.34. The normalized spacial score (nSPS) is 23.7. The predicted octanol–water partition coefficient (Wildman–Crippen LogP) is 5.08. The zero-order valence-electron chi connectivity index (χ0n) is 19.0. The van der Waals surface area contributed by atoms with Crippen LogP contribution in [0.1, 0.15) is 62.4 Å². The summed E-state index contributed by atoms with van der Waals surface area (Å²) < 4.78 is 42.6. The number of alkyl halides is 3. The van der Waals surface area contributed by atoms with Crippen LogP contribution in [-0.4, -0.2) is 45.9 Å². The molecule has 3 atom stereocenters. The van der Waals surface area contributed by atoms with Crippen molar-refractivity contribution >= 4 is 11.7 Å². The van der Waals surface area contributed by atoms with E-state index in [1.54, 1.807) is 6.07 Å². The molecule has 1 saturated heterocycles. The van der Waals surface area contributed by atoms with Crippen LogP contribution in [0.15, 0.2) is 30.3 Å². The molecular weight excluding hydrogens is 417 g/mol. The lowest BCUT2D eigenvalue weighted by atomic mass is 9.82. The van der Waals surface area contributed by atoms with Gasteiger partial charge < -0.3 is 10.2 Å². The van der Waals surface area contributed by atoms with E-state index in [0.29, 0.717) is 37.4 Å². The smallest absolute Gasteiger partial charge is 0.367 e. The van der Waals surface area contributed by atoms with Crippen molar-refractivity contribution in [1.29, 1.82) is 0 Å². The van der Waals surface area contributed by atoms with Gasteiger partial charge in [-0.2, -0.15) is 18.3 Å². The quantitative estimate of drug-likeness (QED) is 0.712. The molecule has 0 unspecified atom stereocenters. The Bertz CT molecular complexity index is 992. The number of aromatic nitrogens is 2. The summed E-state index contributed by atoms with van der Waals surface area (Å²) in [5.41, 5.74) is 2.40. The van der Waals surface area contributed by atoms with Crippen LogP contribution in [0.2, 0.25) is 0 Å². The number of rotatable bonds is 3.